The van der Waals surface area contributed by atoms with Crippen molar-refractivity contribution in [3.05, 3.63) is 48.2 Å². The van der Waals surface area contributed by atoms with Gasteiger partial charge in [0.25, 0.3) is 0 Å². The van der Waals surface area contributed by atoms with Crippen molar-refractivity contribution in [2.75, 3.05) is 0 Å². The molecule has 0 bridgehead atoms. The van der Waals surface area contributed by atoms with Crippen molar-refractivity contribution in [2.45, 2.75) is 0 Å². The van der Waals surface area contributed by atoms with Crippen LogP contribution in [0.5, 0.6) is 0 Å². The first-order chi connectivity index (χ1) is 7.81. The second-order valence-corrected chi connectivity index (χ2v) is 4.00. The van der Waals surface area contributed by atoms with Crippen molar-refractivity contribution in [1.82, 2.24) is 4.57 Å². The van der Waals surface area contributed by atoms with Gasteiger partial charge in [0, 0.05) is 29.6 Å². The molecule has 0 N–H and O–H groups in total. The van der Waals surface area contributed by atoms with Gasteiger partial charge in [-0.25, -0.2) is 0 Å². The molecule has 1 aromatic heterocycles. The fraction of sp³-hybridized carbons (Fsp3) is 0.0714. The number of nitrogens with zero attached hydrogens (tertiary/aromatic N) is 1. The zero-order chi connectivity index (χ0) is 11.1. The van der Waals surface area contributed by atoms with Gasteiger partial charge in [-0.2, -0.15) is 0 Å². The topological polar surface area (TPSA) is 22.0 Å². The molecular weight excluding hydrogens is 198 g/mol. The summed E-state index contributed by atoms with van der Waals surface area (Å²) in [5.41, 5.74) is 1.88. The Balaban J connectivity index is 2.60. The number of aryl methyl sites for hydroxylation is 1. The van der Waals surface area contributed by atoms with Crippen LogP contribution in [0.2, 0.25) is 0 Å². The summed E-state index contributed by atoms with van der Waals surface area (Å²) >= 11 is 0. The maximum absolute atomic E-state index is 11.0. The standard InChI is InChI=1S/C14H11NO/c1-15-8-11(9-16)13-7-6-10-4-2-3-5-12(10)14(13)15/h2-9H,1H3. The Bertz CT molecular complexity index is 694. The monoisotopic (exact) mass is 209 g/mol. The van der Waals surface area contributed by atoms with E-state index in [2.05, 4.69) is 18.2 Å². The zero-order valence-corrected chi connectivity index (χ0v) is 8.97. The molecule has 2 nitrogen and oxygen atoms in total. The molecule has 2 heteroatoms. The fourth-order valence-electron chi connectivity index (χ4n) is 2.30. The van der Waals surface area contributed by atoms with E-state index < -0.39 is 0 Å². The molecule has 3 aromatic rings. The van der Waals surface area contributed by atoms with Gasteiger partial charge in [-0.1, -0.05) is 36.4 Å². The molecule has 0 atom stereocenters. The van der Waals surface area contributed by atoms with Crippen LogP contribution in [0.3, 0.4) is 0 Å². The molecular formula is C14H11NO. The lowest BCUT2D eigenvalue weighted by atomic mass is 10.1. The quantitative estimate of drug-likeness (QED) is 0.564. The Kier molecular flexibility index (Phi) is 1.83. The van der Waals surface area contributed by atoms with Crippen molar-refractivity contribution < 1.29 is 4.79 Å². The summed E-state index contributed by atoms with van der Waals surface area (Å²) < 4.78 is 2.02. The highest BCUT2D eigenvalue weighted by molar-refractivity contribution is 6.10. The van der Waals surface area contributed by atoms with Gasteiger partial charge in [-0.05, 0) is 5.39 Å². The zero-order valence-electron chi connectivity index (χ0n) is 8.97. The molecule has 0 aliphatic heterocycles. The summed E-state index contributed by atoms with van der Waals surface area (Å²) in [7, 11) is 1.97. The Morgan fingerprint density at radius 1 is 1.06 bits per heavy atom. The van der Waals surface area contributed by atoms with E-state index in [4.69, 9.17) is 0 Å². The van der Waals surface area contributed by atoms with Crippen molar-refractivity contribution in [3.63, 3.8) is 0 Å². The molecule has 0 saturated carbocycles. The predicted octanol–water partition coefficient (Wildman–Crippen LogP) is 3.14. The highest BCUT2D eigenvalue weighted by atomic mass is 16.1. The van der Waals surface area contributed by atoms with Gasteiger partial charge in [0.2, 0.25) is 0 Å². The molecule has 0 radical (unpaired) electrons. The van der Waals surface area contributed by atoms with Crippen molar-refractivity contribution in [2.24, 2.45) is 7.05 Å². The second-order valence-electron chi connectivity index (χ2n) is 4.00. The van der Waals surface area contributed by atoms with Crippen molar-refractivity contribution >= 4 is 28.0 Å². The fourth-order valence-corrected chi connectivity index (χ4v) is 2.30. The van der Waals surface area contributed by atoms with Crippen LogP contribution in [0.25, 0.3) is 21.7 Å². The maximum atomic E-state index is 11.0. The van der Waals surface area contributed by atoms with E-state index in [0.717, 1.165) is 22.8 Å². The lowest BCUT2D eigenvalue weighted by Crippen LogP contribution is -1.85. The number of fused-ring (bicyclic) bond motifs is 3. The predicted molar refractivity (Wildman–Crippen MR) is 65.8 cm³/mol. The van der Waals surface area contributed by atoms with Crippen LogP contribution in [0.4, 0.5) is 0 Å². The molecule has 0 aliphatic rings. The van der Waals surface area contributed by atoms with Gasteiger partial charge in [0.1, 0.15) is 0 Å². The Morgan fingerprint density at radius 3 is 2.69 bits per heavy atom. The van der Waals surface area contributed by atoms with Crippen LogP contribution in [0.1, 0.15) is 10.4 Å². The summed E-state index contributed by atoms with van der Waals surface area (Å²) in [6, 6.07) is 12.3. The van der Waals surface area contributed by atoms with Gasteiger partial charge in [-0.3, -0.25) is 4.79 Å². The van der Waals surface area contributed by atoms with Crippen LogP contribution in [-0.2, 0) is 7.05 Å². The molecule has 0 unspecified atom stereocenters. The number of aromatic nitrogens is 1. The van der Waals surface area contributed by atoms with E-state index in [9.17, 15) is 4.79 Å². The SMILES string of the molecule is Cn1cc(C=O)c2ccc3ccccc3c21. The molecule has 2 aromatic carbocycles. The summed E-state index contributed by atoms with van der Waals surface area (Å²) in [5, 5.41) is 3.42. The number of hydrogen-bond acceptors (Lipinski definition) is 1. The first-order valence-corrected chi connectivity index (χ1v) is 5.23. The number of benzene rings is 2. The Morgan fingerprint density at radius 2 is 1.88 bits per heavy atom. The third-order valence-electron chi connectivity index (χ3n) is 3.02. The molecule has 78 valence electrons. The first-order valence-electron chi connectivity index (χ1n) is 5.23. The molecule has 1 heterocycles. The summed E-state index contributed by atoms with van der Waals surface area (Å²) in [6.45, 7) is 0. The van der Waals surface area contributed by atoms with Gasteiger partial charge in [-0.15, -0.1) is 0 Å². The summed E-state index contributed by atoms with van der Waals surface area (Å²) in [6.07, 6.45) is 2.79. The number of rotatable bonds is 1. The minimum Gasteiger partial charge on any atom is -0.349 e. The lowest BCUT2D eigenvalue weighted by molar-refractivity contribution is 0.112. The van der Waals surface area contributed by atoms with Gasteiger partial charge in [0.05, 0.1) is 5.52 Å². The van der Waals surface area contributed by atoms with E-state index >= 15 is 0 Å². The summed E-state index contributed by atoms with van der Waals surface area (Å²) in [4.78, 5) is 11.0. The molecule has 0 aliphatic carbocycles. The minimum atomic E-state index is 0.753. The van der Waals surface area contributed by atoms with Crippen LogP contribution < -0.4 is 0 Å². The molecule has 16 heavy (non-hydrogen) atoms. The smallest absolute Gasteiger partial charge is 0.152 e. The highest BCUT2D eigenvalue weighted by Gasteiger charge is 2.08. The maximum Gasteiger partial charge on any atom is 0.152 e. The Hall–Kier alpha value is -2.09. The first kappa shape index (κ1) is 9.16. The average Bonchev–Trinajstić information content (AvgIpc) is 2.66. The normalized spacial score (nSPS) is 11.1. The van der Waals surface area contributed by atoms with Crippen LogP contribution >= 0.6 is 0 Å². The Labute approximate surface area is 93.1 Å². The molecule has 0 saturated heterocycles. The van der Waals surface area contributed by atoms with Gasteiger partial charge in [0.15, 0.2) is 6.29 Å². The van der Waals surface area contributed by atoms with Gasteiger partial charge >= 0.3 is 0 Å². The molecule has 0 amide bonds. The van der Waals surface area contributed by atoms with Crippen LogP contribution in [-0.4, -0.2) is 10.9 Å². The minimum absolute atomic E-state index is 0.753. The highest BCUT2D eigenvalue weighted by Crippen LogP contribution is 2.27. The molecule has 0 spiro atoms. The van der Waals surface area contributed by atoms with Crippen molar-refractivity contribution in [3.8, 4) is 0 Å². The number of carbonyl (C=O) groups excluding carboxylic acids is 1. The largest absolute Gasteiger partial charge is 0.349 e. The average molecular weight is 209 g/mol. The van der Waals surface area contributed by atoms with Crippen LogP contribution in [0.15, 0.2) is 42.6 Å². The number of carbonyl (C=O) groups is 1. The molecule has 0 fully saturated rings. The third-order valence-corrected chi connectivity index (χ3v) is 3.02. The molecule has 3 rings (SSSR count). The van der Waals surface area contributed by atoms with Gasteiger partial charge < -0.3 is 4.57 Å². The summed E-state index contributed by atoms with van der Waals surface area (Å²) in [5.74, 6) is 0. The van der Waals surface area contributed by atoms with Crippen LogP contribution in [0, 0.1) is 0 Å². The van der Waals surface area contributed by atoms with E-state index in [0.29, 0.717) is 0 Å². The lowest BCUT2D eigenvalue weighted by Gasteiger charge is -2.02. The number of hydrogen-bond donors (Lipinski definition) is 0. The van der Waals surface area contributed by atoms with E-state index in [1.165, 1.54) is 10.8 Å². The number of aldehydes is 1. The van der Waals surface area contributed by atoms with E-state index in [1.54, 1.807) is 0 Å². The second kappa shape index (κ2) is 3.20. The van der Waals surface area contributed by atoms with Crippen molar-refractivity contribution in [1.29, 1.82) is 0 Å². The van der Waals surface area contributed by atoms with E-state index in [1.807, 2.05) is 36.0 Å². The third kappa shape index (κ3) is 1.10. The van der Waals surface area contributed by atoms with E-state index in [-0.39, 0.29) is 0 Å².